The lowest BCUT2D eigenvalue weighted by atomic mass is 9.88. The van der Waals surface area contributed by atoms with E-state index < -0.39 is 0 Å². The molecule has 0 heterocycles. The van der Waals surface area contributed by atoms with Gasteiger partial charge in [0.15, 0.2) is 0 Å². The lowest BCUT2D eigenvalue weighted by Gasteiger charge is -2.13. The SMILES string of the molecule is N#C/C(c1cc(C#N)cc(C#N)c1)=c1/cc(-c2ccc(C#N)cc2)/c(=C(\C#N)c2cc(C#N)cc(C#N)c2)cc1-c1ccc(C#N)cc1. The summed E-state index contributed by atoms with van der Waals surface area (Å²) in [4.78, 5) is 0. The molecular formula is C40H16N8. The van der Waals surface area contributed by atoms with E-state index in [1.807, 2.05) is 24.3 Å². The minimum Gasteiger partial charge on any atom is -0.192 e. The first-order valence-electron chi connectivity index (χ1n) is 14.1. The predicted molar refractivity (Wildman–Crippen MR) is 174 cm³/mol. The maximum Gasteiger partial charge on any atom is 0.100 e. The number of nitriles is 8. The summed E-state index contributed by atoms with van der Waals surface area (Å²) >= 11 is 0. The lowest BCUT2D eigenvalue weighted by Crippen LogP contribution is -2.20. The van der Waals surface area contributed by atoms with Crippen molar-refractivity contribution in [2.75, 3.05) is 0 Å². The fourth-order valence-corrected chi connectivity index (χ4v) is 5.30. The lowest BCUT2D eigenvalue weighted by molar-refractivity contribution is 1.40. The summed E-state index contributed by atoms with van der Waals surface area (Å²) < 4.78 is 0. The van der Waals surface area contributed by atoms with Gasteiger partial charge in [0.25, 0.3) is 0 Å². The van der Waals surface area contributed by atoms with Gasteiger partial charge in [-0.15, -0.1) is 0 Å². The Balaban J connectivity index is 2.07. The molecule has 48 heavy (non-hydrogen) atoms. The van der Waals surface area contributed by atoms with Gasteiger partial charge in [-0.1, -0.05) is 24.3 Å². The van der Waals surface area contributed by atoms with Gasteiger partial charge in [0.05, 0.1) is 80.9 Å². The number of hydrogen-bond acceptors (Lipinski definition) is 8. The van der Waals surface area contributed by atoms with Gasteiger partial charge in [0.2, 0.25) is 0 Å². The van der Waals surface area contributed by atoms with E-state index in [-0.39, 0.29) is 33.4 Å². The molecule has 8 nitrogen and oxygen atoms in total. The third kappa shape index (κ3) is 6.06. The summed E-state index contributed by atoms with van der Waals surface area (Å²) in [5.41, 5.74) is 4.67. The van der Waals surface area contributed by atoms with E-state index in [9.17, 15) is 42.1 Å². The van der Waals surface area contributed by atoms with Crippen LogP contribution in [0.2, 0.25) is 0 Å². The number of nitrogens with zero attached hydrogens (tertiary/aromatic N) is 8. The Kier molecular flexibility index (Phi) is 8.83. The van der Waals surface area contributed by atoms with Crippen LogP contribution < -0.4 is 10.4 Å². The minimum atomic E-state index is 0.140. The van der Waals surface area contributed by atoms with Crippen LogP contribution in [0.3, 0.4) is 0 Å². The summed E-state index contributed by atoms with van der Waals surface area (Å²) in [6, 6.07) is 42.5. The van der Waals surface area contributed by atoms with Crippen molar-refractivity contribution < 1.29 is 0 Å². The van der Waals surface area contributed by atoms with Crippen LogP contribution in [0.4, 0.5) is 0 Å². The molecule has 0 amide bonds. The van der Waals surface area contributed by atoms with Crippen molar-refractivity contribution in [1.82, 2.24) is 0 Å². The number of hydrogen-bond donors (Lipinski definition) is 0. The molecule has 0 aromatic heterocycles. The summed E-state index contributed by atoms with van der Waals surface area (Å²) in [6.45, 7) is 0. The van der Waals surface area contributed by atoms with Crippen molar-refractivity contribution >= 4 is 11.1 Å². The van der Waals surface area contributed by atoms with Crippen molar-refractivity contribution in [3.05, 3.63) is 152 Å². The Morgan fingerprint density at radius 3 is 0.875 bits per heavy atom. The molecule has 0 aliphatic rings. The van der Waals surface area contributed by atoms with Gasteiger partial charge < -0.3 is 0 Å². The Morgan fingerprint density at radius 1 is 0.333 bits per heavy atom. The van der Waals surface area contributed by atoms with Gasteiger partial charge in [0, 0.05) is 10.4 Å². The molecule has 0 aliphatic heterocycles. The maximum absolute atomic E-state index is 10.6. The molecule has 0 N–H and O–H groups in total. The van der Waals surface area contributed by atoms with Crippen molar-refractivity contribution in [3.63, 3.8) is 0 Å². The zero-order valence-corrected chi connectivity index (χ0v) is 24.8. The van der Waals surface area contributed by atoms with Crippen molar-refractivity contribution in [2.45, 2.75) is 0 Å². The van der Waals surface area contributed by atoms with Crippen LogP contribution in [0.25, 0.3) is 33.4 Å². The maximum atomic E-state index is 10.6. The van der Waals surface area contributed by atoms with E-state index in [1.165, 1.54) is 36.4 Å². The zero-order chi connectivity index (χ0) is 34.2. The Bertz CT molecular complexity index is 2380. The van der Waals surface area contributed by atoms with Gasteiger partial charge in [-0.05, 0) is 106 Å². The fraction of sp³-hybridized carbons (Fsp3) is 0. The van der Waals surface area contributed by atoms with Gasteiger partial charge >= 0.3 is 0 Å². The zero-order valence-electron chi connectivity index (χ0n) is 24.8. The van der Waals surface area contributed by atoms with Crippen LogP contribution in [0.15, 0.2) is 97.1 Å². The highest BCUT2D eigenvalue weighted by molar-refractivity contribution is 5.88. The van der Waals surface area contributed by atoms with Crippen LogP contribution in [0.5, 0.6) is 0 Å². The van der Waals surface area contributed by atoms with E-state index in [0.29, 0.717) is 54.9 Å². The molecule has 0 fully saturated rings. The second kappa shape index (κ2) is 13.6. The Morgan fingerprint density at radius 2 is 0.625 bits per heavy atom. The smallest absolute Gasteiger partial charge is 0.100 e. The van der Waals surface area contributed by atoms with E-state index in [2.05, 4.69) is 24.3 Å². The molecule has 0 unspecified atom stereocenters. The molecule has 0 atom stereocenters. The topological polar surface area (TPSA) is 190 Å². The van der Waals surface area contributed by atoms with Gasteiger partial charge in [0.1, 0.15) is 12.1 Å². The summed E-state index contributed by atoms with van der Waals surface area (Å²) in [7, 11) is 0. The van der Waals surface area contributed by atoms with Crippen LogP contribution in [-0.4, -0.2) is 0 Å². The standard InChI is InChI=1S/C40H16N8/c41-17-25-1-5-31(6-2-25)35-15-38(40(24-48)34-13-29(21-45)10-30(14-34)22-46)36(32-7-3-26(18-42)4-8-32)16-37(35)39(23-47)33-11-27(19-43)9-28(12-33)20-44/h1-16H/b39-37+,40-38+. The third-order valence-electron chi connectivity index (χ3n) is 7.53. The molecule has 0 saturated carbocycles. The van der Waals surface area contributed by atoms with Crippen molar-refractivity contribution in [3.8, 4) is 70.8 Å². The van der Waals surface area contributed by atoms with Gasteiger partial charge in [-0.2, -0.15) is 42.1 Å². The summed E-state index contributed by atoms with van der Waals surface area (Å²) in [5.74, 6) is 0. The van der Waals surface area contributed by atoms with Crippen LogP contribution in [0.1, 0.15) is 44.5 Å². The van der Waals surface area contributed by atoms with Gasteiger partial charge in [-0.25, -0.2) is 0 Å². The first-order chi connectivity index (χ1) is 23.4. The molecular weight excluding hydrogens is 592 g/mol. The molecule has 0 radical (unpaired) electrons. The van der Waals surface area contributed by atoms with Crippen molar-refractivity contribution in [1.29, 1.82) is 42.1 Å². The number of rotatable bonds is 4. The van der Waals surface area contributed by atoms with E-state index >= 15 is 0 Å². The average molecular weight is 609 g/mol. The first-order valence-corrected chi connectivity index (χ1v) is 14.1. The highest BCUT2D eigenvalue weighted by atomic mass is 14.3. The molecule has 0 bridgehead atoms. The van der Waals surface area contributed by atoms with Crippen LogP contribution in [-0.2, 0) is 0 Å². The van der Waals surface area contributed by atoms with Crippen LogP contribution >= 0.6 is 0 Å². The van der Waals surface area contributed by atoms with E-state index in [0.717, 1.165) is 0 Å². The second-order valence-electron chi connectivity index (χ2n) is 10.3. The normalized spacial score (nSPS) is 11.0. The molecule has 0 saturated heterocycles. The monoisotopic (exact) mass is 608 g/mol. The highest BCUT2D eigenvalue weighted by Crippen LogP contribution is 2.25. The summed E-state index contributed by atoms with van der Waals surface area (Å²) in [5, 5.41) is 79.5. The Hall–Kier alpha value is -8.24. The average Bonchev–Trinajstić information content (AvgIpc) is 3.15. The quantitative estimate of drug-likeness (QED) is 0.248. The second-order valence-corrected chi connectivity index (χ2v) is 10.3. The first kappa shape index (κ1) is 31.2. The summed E-state index contributed by atoms with van der Waals surface area (Å²) in [6.07, 6.45) is 0. The third-order valence-corrected chi connectivity index (χ3v) is 7.53. The van der Waals surface area contributed by atoms with Gasteiger partial charge in [-0.3, -0.25) is 0 Å². The fourth-order valence-electron chi connectivity index (χ4n) is 5.30. The minimum absolute atomic E-state index is 0.140. The molecule has 0 aliphatic carbocycles. The largest absolute Gasteiger partial charge is 0.192 e. The molecule has 0 spiro atoms. The molecule has 5 aromatic carbocycles. The molecule has 216 valence electrons. The Labute approximate surface area is 275 Å². The van der Waals surface area contributed by atoms with Crippen LogP contribution in [0, 0.1) is 90.6 Å². The van der Waals surface area contributed by atoms with Crippen molar-refractivity contribution in [2.24, 2.45) is 0 Å². The van der Waals surface area contributed by atoms with E-state index in [4.69, 9.17) is 0 Å². The van der Waals surface area contributed by atoms with E-state index in [1.54, 1.807) is 60.7 Å². The molecule has 5 rings (SSSR count). The molecule has 8 heteroatoms. The molecule has 5 aromatic rings. The predicted octanol–water partition coefficient (Wildman–Crippen LogP) is 5.70. The number of benzene rings is 5. The highest BCUT2D eigenvalue weighted by Gasteiger charge is 2.16.